The first-order valence-electron chi connectivity index (χ1n) is 14.4. The Morgan fingerprint density at radius 2 is 1.88 bits per heavy atom. The summed E-state index contributed by atoms with van der Waals surface area (Å²) < 4.78 is 2.08. The molecule has 10 heteroatoms. The van der Waals surface area contributed by atoms with E-state index in [0.29, 0.717) is 48.6 Å². The number of fused-ring (bicyclic) bond motifs is 3. The van der Waals surface area contributed by atoms with Crippen LogP contribution in [0.15, 0.2) is 48.6 Å². The SMILES string of the molecule is C=C/C(=C\C=C(/N)Nc1ncc2cc(C(=O)N(C)C)n(C3CCCC3)c2n1)N1C[C@@H]2CC[C@H](CC1=O)N2C(C)C. The smallest absolute Gasteiger partial charge is 0.270 e. The summed E-state index contributed by atoms with van der Waals surface area (Å²) in [5, 5.41) is 3.91. The van der Waals surface area contributed by atoms with Gasteiger partial charge in [0.2, 0.25) is 11.9 Å². The van der Waals surface area contributed by atoms with E-state index in [0.717, 1.165) is 55.3 Å². The van der Waals surface area contributed by atoms with Gasteiger partial charge in [-0.15, -0.1) is 0 Å². The summed E-state index contributed by atoms with van der Waals surface area (Å²) in [5.41, 5.74) is 8.42. The minimum Gasteiger partial charge on any atom is -0.385 e. The molecule has 2 aliphatic heterocycles. The van der Waals surface area contributed by atoms with Crippen LogP contribution in [-0.2, 0) is 4.79 Å². The third-order valence-corrected chi connectivity index (χ3v) is 8.48. The Morgan fingerprint density at radius 3 is 2.55 bits per heavy atom. The molecule has 0 unspecified atom stereocenters. The van der Waals surface area contributed by atoms with Crippen molar-refractivity contribution in [3.63, 3.8) is 0 Å². The highest BCUT2D eigenvalue weighted by Crippen LogP contribution is 2.35. The average Bonchev–Trinajstić information content (AvgIpc) is 3.63. The fraction of sp³-hybridized carbons (Fsp3) is 0.533. The molecule has 0 aromatic carbocycles. The van der Waals surface area contributed by atoms with Crippen molar-refractivity contribution in [2.75, 3.05) is 26.0 Å². The molecule has 2 aromatic heterocycles. The quantitative estimate of drug-likeness (QED) is 0.481. The van der Waals surface area contributed by atoms with E-state index in [1.54, 1.807) is 37.3 Å². The highest BCUT2D eigenvalue weighted by molar-refractivity contribution is 5.97. The molecule has 1 saturated carbocycles. The summed E-state index contributed by atoms with van der Waals surface area (Å²) in [7, 11) is 3.52. The van der Waals surface area contributed by atoms with Gasteiger partial charge in [0.25, 0.3) is 5.91 Å². The number of hydrogen-bond acceptors (Lipinski definition) is 7. The Balaban J connectivity index is 1.38. The van der Waals surface area contributed by atoms with Crippen molar-refractivity contribution in [1.29, 1.82) is 0 Å². The second-order valence-electron chi connectivity index (χ2n) is 11.7. The van der Waals surface area contributed by atoms with Gasteiger partial charge in [-0.05, 0) is 63.8 Å². The van der Waals surface area contributed by atoms with Crippen molar-refractivity contribution in [1.82, 2.24) is 29.2 Å². The van der Waals surface area contributed by atoms with Gasteiger partial charge in [0, 0.05) is 68.5 Å². The van der Waals surface area contributed by atoms with Gasteiger partial charge in [-0.3, -0.25) is 14.5 Å². The molecule has 3 aliphatic rings. The van der Waals surface area contributed by atoms with Gasteiger partial charge >= 0.3 is 0 Å². The highest BCUT2D eigenvalue weighted by atomic mass is 16.2. The predicted octanol–water partition coefficient (Wildman–Crippen LogP) is 4.00. The van der Waals surface area contributed by atoms with E-state index in [1.807, 2.05) is 17.0 Å². The molecule has 2 amide bonds. The zero-order valence-corrected chi connectivity index (χ0v) is 24.1. The van der Waals surface area contributed by atoms with Gasteiger partial charge in [0.15, 0.2) is 0 Å². The first-order valence-corrected chi connectivity index (χ1v) is 14.4. The number of nitrogens with zero attached hydrogens (tertiary/aromatic N) is 6. The monoisotopic (exact) mass is 546 g/mol. The van der Waals surface area contributed by atoms with Crippen LogP contribution in [-0.4, -0.2) is 79.8 Å². The van der Waals surface area contributed by atoms with Crippen LogP contribution in [0.5, 0.6) is 0 Å². The van der Waals surface area contributed by atoms with Crippen molar-refractivity contribution in [3.8, 4) is 0 Å². The van der Waals surface area contributed by atoms with Gasteiger partial charge in [-0.2, -0.15) is 4.98 Å². The number of nitrogens with one attached hydrogen (secondary N) is 1. The van der Waals surface area contributed by atoms with Crippen LogP contribution in [0, 0.1) is 0 Å². The number of rotatable bonds is 8. The van der Waals surface area contributed by atoms with Gasteiger partial charge in [-0.1, -0.05) is 19.4 Å². The molecule has 40 heavy (non-hydrogen) atoms. The highest BCUT2D eigenvalue weighted by Gasteiger charge is 2.41. The molecule has 0 spiro atoms. The van der Waals surface area contributed by atoms with Crippen molar-refractivity contribution in [3.05, 3.63) is 54.3 Å². The Morgan fingerprint density at radius 1 is 1.15 bits per heavy atom. The molecule has 2 saturated heterocycles. The number of hydrogen-bond donors (Lipinski definition) is 2. The topological polar surface area (TPSA) is 113 Å². The number of aromatic nitrogens is 3. The minimum atomic E-state index is -0.0475. The third kappa shape index (κ3) is 5.37. The van der Waals surface area contributed by atoms with Crippen LogP contribution in [0.3, 0.4) is 0 Å². The number of allylic oxidation sites excluding steroid dienone is 3. The van der Waals surface area contributed by atoms with E-state index in [-0.39, 0.29) is 17.9 Å². The molecule has 2 aromatic rings. The third-order valence-electron chi connectivity index (χ3n) is 8.48. The van der Waals surface area contributed by atoms with Crippen LogP contribution < -0.4 is 11.1 Å². The molecule has 5 rings (SSSR count). The lowest BCUT2D eigenvalue weighted by atomic mass is 10.1. The van der Waals surface area contributed by atoms with Crippen LogP contribution in [0.2, 0.25) is 0 Å². The predicted molar refractivity (Wildman–Crippen MR) is 157 cm³/mol. The largest absolute Gasteiger partial charge is 0.385 e. The van der Waals surface area contributed by atoms with Crippen molar-refractivity contribution < 1.29 is 9.59 Å². The Labute approximate surface area is 236 Å². The number of carbonyl (C=O) groups excluding carboxylic acids is 2. The summed E-state index contributed by atoms with van der Waals surface area (Å²) in [6.45, 7) is 9.02. The second-order valence-corrected chi connectivity index (χ2v) is 11.7. The summed E-state index contributed by atoms with van der Waals surface area (Å²) >= 11 is 0. The van der Waals surface area contributed by atoms with Crippen LogP contribution in [0.1, 0.15) is 75.3 Å². The minimum absolute atomic E-state index is 0.0475. The second kappa shape index (κ2) is 11.4. The Hall–Kier alpha value is -3.66. The zero-order chi connectivity index (χ0) is 28.6. The number of carbonyl (C=O) groups is 2. The fourth-order valence-electron chi connectivity index (χ4n) is 6.70. The molecule has 1 aliphatic carbocycles. The molecule has 214 valence electrons. The molecule has 4 heterocycles. The molecule has 3 N–H and O–H groups in total. The summed E-state index contributed by atoms with van der Waals surface area (Å²) in [6.07, 6.45) is 14.0. The van der Waals surface area contributed by atoms with Gasteiger partial charge in [-0.25, -0.2) is 4.98 Å². The molecule has 10 nitrogen and oxygen atoms in total. The van der Waals surface area contributed by atoms with Gasteiger partial charge in [0.1, 0.15) is 17.2 Å². The van der Waals surface area contributed by atoms with Gasteiger partial charge < -0.3 is 25.4 Å². The average molecular weight is 547 g/mol. The lowest BCUT2D eigenvalue weighted by molar-refractivity contribution is -0.129. The summed E-state index contributed by atoms with van der Waals surface area (Å²) in [4.78, 5) is 41.3. The standard InChI is InChI=1S/C30H42N8O2/c1-6-21(36-18-24-12-11-23(16-27(36)39)37(24)19(2)3)13-14-26(31)33-30-32-17-20-15-25(29(40)35(4)5)38(28(20)34-30)22-9-7-8-10-22/h6,13-15,17,19,22-24H,1,7-12,16,18,31H2,2-5H3,(H,32,33,34)/b21-13+,26-14+/t23-,24+/m1/s1. The number of likely N-dealkylation sites (tertiary alicyclic amines) is 1. The van der Waals surface area contributed by atoms with Gasteiger partial charge in [0.05, 0.1) is 0 Å². The first kappa shape index (κ1) is 27.9. The number of amides is 2. The fourth-order valence-corrected chi connectivity index (χ4v) is 6.70. The maximum Gasteiger partial charge on any atom is 0.270 e. The van der Waals surface area contributed by atoms with E-state index in [4.69, 9.17) is 10.7 Å². The Kier molecular flexibility index (Phi) is 7.98. The van der Waals surface area contributed by atoms with Crippen LogP contribution in [0.25, 0.3) is 11.0 Å². The normalized spacial score (nSPS) is 22.8. The maximum atomic E-state index is 13.2. The molecule has 2 bridgehead atoms. The van der Waals surface area contributed by atoms with E-state index >= 15 is 0 Å². The number of nitrogens with two attached hydrogens (primary N) is 1. The van der Waals surface area contributed by atoms with Crippen LogP contribution >= 0.6 is 0 Å². The van der Waals surface area contributed by atoms with Crippen molar-refractivity contribution in [2.24, 2.45) is 5.73 Å². The van der Waals surface area contributed by atoms with E-state index in [9.17, 15) is 9.59 Å². The molecular weight excluding hydrogens is 504 g/mol. The van der Waals surface area contributed by atoms with E-state index in [1.165, 1.54) is 0 Å². The Bertz CT molecular complexity index is 1350. The van der Waals surface area contributed by atoms with E-state index < -0.39 is 0 Å². The summed E-state index contributed by atoms with van der Waals surface area (Å²) in [6, 6.07) is 3.17. The lowest BCUT2D eigenvalue weighted by Crippen LogP contribution is -2.43. The van der Waals surface area contributed by atoms with Crippen LogP contribution in [0.4, 0.5) is 5.95 Å². The molecular formula is C30H42N8O2. The molecule has 0 radical (unpaired) electrons. The zero-order valence-electron chi connectivity index (χ0n) is 24.1. The lowest BCUT2D eigenvalue weighted by Gasteiger charge is -2.32. The van der Waals surface area contributed by atoms with Crippen molar-refractivity contribution in [2.45, 2.75) is 83.0 Å². The summed E-state index contributed by atoms with van der Waals surface area (Å²) in [5.74, 6) is 0.767. The molecule has 2 atom stereocenters. The molecule has 3 fully saturated rings. The number of anilines is 1. The van der Waals surface area contributed by atoms with E-state index in [2.05, 4.69) is 40.2 Å². The first-order chi connectivity index (χ1) is 19.2. The van der Waals surface area contributed by atoms with Crippen molar-refractivity contribution >= 4 is 28.8 Å². The maximum absolute atomic E-state index is 13.2.